The van der Waals surface area contributed by atoms with Crippen LogP contribution in [0.4, 0.5) is 18.9 Å². The van der Waals surface area contributed by atoms with Crippen LogP contribution >= 0.6 is 0 Å². The lowest BCUT2D eigenvalue weighted by Crippen LogP contribution is -2.10. The van der Waals surface area contributed by atoms with Gasteiger partial charge in [-0.05, 0) is 36.4 Å². The second kappa shape index (κ2) is 8.48. The number of halogens is 3. The Balaban J connectivity index is 1.52. The van der Waals surface area contributed by atoms with Gasteiger partial charge in [-0.15, -0.1) is 5.69 Å². The zero-order valence-corrected chi connectivity index (χ0v) is 17.5. The number of benzene rings is 3. The zero-order chi connectivity index (χ0) is 23.6. The van der Waals surface area contributed by atoms with Crippen molar-refractivity contribution in [2.75, 3.05) is 0 Å². The van der Waals surface area contributed by atoms with Crippen molar-refractivity contribution in [3.63, 3.8) is 0 Å². The van der Waals surface area contributed by atoms with Crippen molar-refractivity contribution < 1.29 is 31.3 Å². The van der Waals surface area contributed by atoms with Gasteiger partial charge in [-0.1, -0.05) is 24.3 Å². The van der Waals surface area contributed by atoms with Crippen LogP contribution in [0.15, 0.2) is 71.6 Å². The van der Waals surface area contributed by atoms with Gasteiger partial charge in [0.25, 0.3) is 5.82 Å². The predicted molar refractivity (Wildman–Crippen MR) is 112 cm³/mol. The SMILES string of the molecule is N#Cc1ccc(OCc2[nH]c3cc(S(=O)(=O)[N-]c4cccc(C(F)(F)F)c4)ccc3[nH+]2)cc1. The normalized spacial score (nSPS) is 11.8. The molecule has 0 fully saturated rings. The van der Waals surface area contributed by atoms with Gasteiger partial charge < -0.3 is 9.46 Å². The van der Waals surface area contributed by atoms with Crippen molar-refractivity contribution in [2.45, 2.75) is 17.7 Å². The van der Waals surface area contributed by atoms with Crippen LogP contribution in [0.2, 0.25) is 0 Å². The van der Waals surface area contributed by atoms with Crippen LogP contribution in [-0.4, -0.2) is 13.4 Å². The third-order valence-corrected chi connectivity index (χ3v) is 5.93. The summed E-state index contributed by atoms with van der Waals surface area (Å²) in [6, 6.07) is 16.5. The van der Waals surface area contributed by atoms with E-state index in [-0.39, 0.29) is 17.2 Å². The first kappa shape index (κ1) is 22.2. The molecule has 4 rings (SSSR count). The summed E-state index contributed by atoms with van der Waals surface area (Å²) in [5, 5.41) is 8.83. The topological polar surface area (TPSA) is 111 Å². The Labute approximate surface area is 186 Å². The zero-order valence-electron chi connectivity index (χ0n) is 16.7. The molecule has 0 spiro atoms. The monoisotopic (exact) mass is 472 g/mol. The number of hydrogen-bond donors (Lipinski definition) is 1. The first-order chi connectivity index (χ1) is 15.6. The quantitative estimate of drug-likeness (QED) is 0.433. The molecule has 0 aliphatic heterocycles. The van der Waals surface area contributed by atoms with E-state index in [2.05, 4.69) is 14.7 Å². The number of nitrogens with zero attached hydrogens (tertiary/aromatic N) is 2. The van der Waals surface area contributed by atoms with Crippen molar-refractivity contribution in [1.82, 2.24) is 4.98 Å². The number of aromatic amines is 2. The molecular weight excluding hydrogens is 457 g/mol. The fourth-order valence-corrected chi connectivity index (χ4v) is 4.04. The Morgan fingerprint density at radius 3 is 2.52 bits per heavy atom. The lowest BCUT2D eigenvalue weighted by Gasteiger charge is -2.22. The molecule has 3 aromatic carbocycles. The summed E-state index contributed by atoms with van der Waals surface area (Å²) in [6.07, 6.45) is -4.61. The van der Waals surface area contributed by atoms with E-state index >= 15 is 0 Å². The molecule has 0 saturated carbocycles. The Morgan fingerprint density at radius 1 is 1.06 bits per heavy atom. The van der Waals surface area contributed by atoms with Crippen LogP contribution < -0.4 is 9.72 Å². The molecule has 0 amide bonds. The molecule has 2 N–H and O–H groups in total. The van der Waals surface area contributed by atoms with Crippen LogP contribution in [0.25, 0.3) is 15.8 Å². The summed E-state index contributed by atoms with van der Waals surface area (Å²) in [5.74, 6) is 1.10. The van der Waals surface area contributed by atoms with Crippen LogP contribution in [0, 0.1) is 11.3 Å². The number of fused-ring (bicyclic) bond motifs is 1. The lowest BCUT2D eigenvalue weighted by molar-refractivity contribution is -0.362. The van der Waals surface area contributed by atoms with Gasteiger partial charge in [-0.25, -0.2) is 18.4 Å². The molecule has 11 heteroatoms. The van der Waals surface area contributed by atoms with Gasteiger partial charge in [0.05, 0.1) is 22.1 Å². The number of sulfonamides is 1. The number of ether oxygens (including phenoxy) is 1. The Bertz CT molecular complexity index is 1460. The molecule has 4 aromatic rings. The molecule has 0 bridgehead atoms. The maximum Gasteiger partial charge on any atom is 0.416 e. The molecule has 1 heterocycles. The maximum absolute atomic E-state index is 12.9. The molecule has 0 aliphatic carbocycles. The Hall–Kier alpha value is -4.04. The molecular formula is C22H15F3N4O3S. The molecule has 33 heavy (non-hydrogen) atoms. The van der Waals surface area contributed by atoms with Crippen LogP contribution in [0.3, 0.4) is 0 Å². The number of H-pyrrole nitrogens is 2. The van der Waals surface area contributed by atoms with Crippen LogP contribution in [-0.2, 0) is 22.8 Å². The van der Waals surface area contributed by atoms with E-state index < -0.39 is 21.8 Å². The highest BCUT2D eigenvalue weighted by Crippen LogP contribution is 2.35. The van der Waals surface area contributed by atoms with E-state index in [0.717, 1.165) is 12.1 Å². The summed E-state index contributed by atoms with van der Waals surface area (Å²) in [6.45, 7) is 0.122. The summed E-state index contributed by atoms with van der Waals surface area (Å²) >= 11 is 0. The van der Waals surface area contributed by atoms with Gasteiger partial charge in [0, 0.05) is 6.07 Å². The highest BCUT2D eigenvalue weighted by atomic mass is 32.2. The summed E-state index contributed by atoms with van der Waals surface area (Å²) in [4.78, 5) is 5.88. The highest BCUT2D eigenvalue weighted by molar-refractivity contribution is 7.94. The van der Waals surface area contributed by atoms with Crippen molar-refractivity contribution in [1.29, 1.82) is 5.26 Å². The lowest BCUT2D eigenvalue weighted by atomic mass is 10.2. The molecule has 0 atom stereocenters. The van der Waals surface area contributed by atoms with E-state index in [1.807, 2.05) is 6.07 Å². The second-order valence-corrected chi connectivity index (χ2v) is 8.58. The average Bonchev–Trinajstić information content (AvgIpc) is 3.19. The minimum Gasteiger partial charge on any atom is -0.573 e. The highest BCUT2D eigenvalue weighted by Gasteiger charge is 2.29. The predicted octanol–water partition coefficient (Wildman–Crippen LogP) is 4.85. The minimum atomic E-state index is -4.61. The first-order valence-corrected chi connectivity index (χ1v) is 10.9. The van der Waals surface area contributed by atoms with E-state index in [0.29, 0.717) is 34.2 Å². The first-order valence-electron chi connectivity index (χ1n) is 9.46. The van der Waals surface area contributed by atoms with Gasteiger partial charge >= 0.3 is 6.18 Å². The van der Waals surface area contributed by atoms with Crippen LogP contribution in [0.1, 0.15) is 17.0 Å². The van der Waals surface area contributed by atoms with Gasteiger partial charge in [0.2, 0.25) is 0 Å². The number of hydrogen-bond acceptors (Lipinski definition) is 4. The number of rotatable bonds is 6. The molecule has 0 radical (unpaired) electrons. The van der Waals surface area contributed by atoms with Crippen molar-refractivity contribution >= 4 is 26.7 Å². The van der Waals surface area contributed by atoms with Gasteiger partial charge in [0.15, 0.2) is 17.6 Å². The van der Waals surface area contributed by atoms with Crippen molar-refractivity contribution in [3.05, 3.63) is 88.4 Å². The summed E-state index contributed by atoms with van der Waals surface area (Å²) in [7, 11) is -4.25. The van der Waals surface area contributed by atoms with Gasteiger partial charge in [-0.3, -0.25) is 0 Å². The van der Waals surface area contributed by atoms with Gasteiger partial charge in [0.1, 0.15) is 15.8 Å². The van der Waals surface area contributed by atoms with Gasteiger partial charge in [-0.2, -0.15) is 18.4 Å². The third-order valence-electron chi connectivity index (χ3n) is 4.63. The second-order valence-electron chi connectivity index (χ2n) is 6.98. The minimum absolute atomic E-state index is 0.122. The van der Waals surface area contributed by atoms with Crippen LogP contribution in [0.5, 0.6) is 5.75 Å². The van der Waals surface area contributed by atoms with E-state index in [1.54, 1.807) is 24.3 Å². The van der Waals surface area contributed by atoms with Crippen molar-refractivity contribution in [2.24, 2.45) is 0 Å². The Kier molecular flexibility index (Phi) is 5.69. The van der Waals surface area contributed by atoms with E-state index in [9.17, 15) is 21.6 Å². The largest absolute Gasteiger partial charge is 0.573 e. The number of nitriles is 1. The molecule has 1 aromatic heterocycles. The molecule has 0 aliphatic rings. The number of aromatic nitrogens is 2. The average molecular weight is 472 g/mol. The third kappa shape index (κ3) is 5.07. The molecule has 168 valence electrons. The fraction of sp³-hybridized carbons (Fsp3) is 0.0909. The molecule has 0 saturated heterocycles. The Morgan fingerprint density at radius 2 is 1.82 bits per heavy atom. The summed E-state index contributed by atoms with van der Waals surface area (Å²) < 4.78 is 73.1. The standard InChI is InChI=1S/C22H14F3N4O3S/c23-22(24,25)15-2-1-3-16(10-15)29-33(30,31)18-8-9-19-20(11-18)28-21(27-19)13-32-17-6-4-14(12-26)5-7-17/h1-11H,13H2,(H,27,28)/q-1/p+1. The summed E-state index contributed by atoms with van der Waals surface area (Å²) in [5.41, 5.74) is 0.253. The van der Waals surface area contributed by atoms with E-state index in [4.69, 9.17) is 10.00 Å². The van der Waals surface area contributed by atoms with Crippen molar-refractivity contribution in [3.8, 4) is 11.8 Å². The number of nitrogens with one attached hydrogen (secondary N) is 2. The van der Waals surface area contributed by atoms with E-state index in [1.165, 1.54) is 24.3 Å². The molecule has 7 nitrogen and oxygen atoms in total. The fourth-order valence-electron chi connectivity index (χ4n) is 3.04. The number of alkyl halides is 3. The molecule has 0 unspecified atom stereocenters. The smallest absolute Gasteiger partial charge is 0.416 e. The number of imidazole rings is 1. The maximum atomic E-state index is 12.9.